The van der Waals surface area contributed by atoms with Crippen molar-refractivity contribution in [1.82, 2.24) is 25.5 Å². The fourth-order valence-corrected chi connectivity index (χ4v) is 2.92. The maximum atomic E-state index is 12.7. The Labute approximate surface area is 145 Å². The molecule has 3 heterocycles. The van der Waals surface area contributed by atoms with Crippen molar-refractivity contribution in [2.45, 2.75) is 25.8 Å². The van der Waals surface area contributed by atoms with Crippen molar-refractivity contribution < 1.29 is 4.79 Å². The lowest BCUT2D eigenvalue weighted by Gasteiger charge is -2.17. The van der Waals surface area contributed by atoms with Gasteiger partial charge in [-0.05, 0) is 61.6 Å². The van der Waals surface area contributed by atoms with Gasteiger partial charge >= 0.3 is 0 Å². The molecule has 6 heteroatoms. The Kier molecular flexibility index (Phi) is 4.01. The number of H-pyrrole nitrogens is 1. The van der Waals surface area contributed by atoms with Crippen molar-refractivity contribution in [2.75, 3.05) is 0 Å². The van der Waals surface area contributed by atoms with Crippen LogP contribution in [-0.4, -0.2) is 26.1 Å². The SMILES string of the molecule is Cc1ccnc([C@H](NC(=O)c2cc(-c3ccncc3)n[nH]2)C2CC2)c1. The average molecular weight is 333 g/mol. The van der Waals surface area contributed by atoms with E-state index >= 15 is 0 Å². The molecule has 1 aliphatic rings. The quantitative estimate of drug-likeness (QED) is 0.751. The van der Waals surface area contributed by atoms with Crippen LogP contribution in [0.25, 0.3) is 11.3 Å². The summed E-state index contributed by atoms with van der Waals surface area (Å²) >= 11 is 0. The predicted molar refractivity (Wildman–Crippen MR) is 93.7 cm³/mol. The molecule has 6 nitrogen and oxygen atoms in total. The molecule has 0 unspecified atom stereocenters. The van der Waals surface area contributed by atoms with Crippen LogP contribution in [0.5, 0.6) is 0 Å². The number of amides is 1. The zero-order valence-corrected chi connectivity index (χ0v) is 13.9. The minimum absolute atomic E-state index is 0.0555. The Morgan fingerprint density at radius 2 is 2.00 bits per heavy atom. The maximum Gasteiger partial charge on any atom is 0.269 e. The lowest BCUT2D eigenvalue weighted by atomic mass is 10.1. The third-order valence-electron chi connectivity index (χ3n) is 4.43. The second-order valence-corrected chi connectivity index (χ2v) is 6.45. The van der Waals surface area contributed by atoms with Gasteiger partial charge in [0, 0.05) is 24.2 Å². The topological polar surface area (TPSA) is 83.6 Å². The van der Waals surface area contributed by atoms with Crippen molar-refractivity contribution in [3.63, 3.8) is 0 Å². The molecule has 3 aromatic rings. The first-order valence-corrected chi connectivity index (χ1v) is 8.40. The molecule has 25 heavy (non-hydrogen) atoms. The first kappa shape index (κ1) is 15.5. The zero-order valence-electron chi connectivity index (χ0n) is 13.9. The summed E-state index contributed by atoms with van der Waals surface area (Å²) in [6.07, 6.45) is 7.44. The van der Waals surface area contributed by atoms with Gasteiger partial charge in [-0.15, -0.1) is 0 Å². The summed E-state index contributed by atoms with van der Waals surface area (Å²) in [6.45, 7) is 2.03. The lowest BCUT2D eigenvalue weighted by Crippen LogP contribution is -2.30. The summed E-state index contributed by atoms with van der Waals surface area (Å²) < 4.78 is 0. The van der Waals surface area contributed by atoms with E-state index in [0.717, 1.165) is 35.4 Å². The molecule has 1 aliphatic carbocycles. The Bertz CT molecular complexity index is 886. The largest absolute Gasteiger partial charge is 0.342 e. The van der Waals surface area contributed by atoms with Crippen molar-refractivity contribution in [2.24, 2.45) is 5.92 Å². The van der Waals surface area contributed by atoms with Crippen LogP contribution in [-0.2, 0) is 0 Å². The molecule has 1 amide bonds. The van der Waals surface area contributed by atoms with E-state index in [1.807, 2.05) is 31.2 Å². The van der Waals surface area contributed by atoms with E-state index in [0.29, 0.717) is 11.6 Å². The summed E-state index contributed by atoms with van der Waals surface area (Å²) in [5.74, 6) is 0.300. The van der Waals surface area contributed by atoms with Gasteiger partial charge in [-0.3, -0.25) is 19.9 Å². The second kappa shape index (κ2) is 6.47. The molecule has 0 radical (unpaired) electrons. The van der Waals surface area contributed by atoms with Crippen molar-refractivity contribution in [1.29, 1.82) is 0 Å². The Morgan fingerprint density at radius 3 is 2.72 bits per heavy atom. The van der Waals surface area contributed by atoms with Crippen LogP contribution in [0.15, 0.2) is 48.9 Å². The van der Waals surface area contributed by atoms with E-state index in [9.17, 15) is 4.79 Å². The predicted octanol–water partition coefficient (Wildman–Crippen LogP) is 3.06. The number of nitrogens with one attached hydrogen (secondary N) is 2. The molecule has 1 saturated carbocycles. The molecule has 0 aliphatic heterocycles. The van der Waals surface area contributed by atoms with Gasteiger partial charge in [-0.1, -0.05) is 0 Å². The van der Waals surface area contributed by atoms with Gasteiger partial charge in [0.1, 0.15) is 5.69 Å². The molecule has 1 fully saturated rings. The number of hydrogen-bond donors (Lipinski definition) is 2. The number of carbonyl (C=O) groups excluding carboxylic acids is 1. The van der Waals surface area contributed by atoms with Crippen LogP contribution in [0.3, 0.4) is 0 Å². The van der Waals surface area contributed by atoms with Crippen LogP contribution in [0.4, 0.5) is 0 Å². The fraction of sp³-hybridized carbons (Fsp3) is 0.263. The number of rotatable bonds is 5. The molecule has 4 rings (SSSR count). The lowest BCUT2D eigenvalue weighted by molar-refractivity contribution is 0.0925. The minimum Gasteiger partial charge on any atom is -0.342 e. The molecule has 126 valence electrons. The monoisotopic (exact) mass is 333 g/mol. The summed E-state index contributed by atoms with van der Waals surface area (Å²) in [7, 11) is 0. The number of carbonyl (C=O) groups is 1. The van der Waals surface area contributed by atoms with Gasteiger partial charge < -0.3 is 5.32 Å². The summed E-state index contributed by atoms with van der Waals surface area (Å²) in [5.41, 5.74) is 4.16. The van der Waals surface area contributed by atoms with Gasteiger partial charge in [0.05, 0.1) is 17.4 Å². The average Bonchev–Trinajstić information content (AvgIpc) is 3.35. The van der Waals surface area contributed by atoms with Crippen LogP contribution in [0, 0.1) is 12.8 Å². The number of hydrogen-bond acceptors (Lipinski definition) is 4. The number of aromatic nitrogens is 4. The zero-order chi connectivity index (χ0) is 17.2. The normalized spacial score (nSPS) is 14.9. The molecule has 0 bridgehead atoms. The molecular weight excluding hydrogens is 314 g/mol. The molecular formula is C19H19N5O. The van der Waals surface area contributed by atoms with Gasteiger partial charge in [0.15, 0.2) is 0 Å². The molecule has 0 saturated heterocycles. The van der Waals surface area contributed by atoms with Crippen molar-refractivity contribution in [3.05, 3.63) is 65.9 Å². The number of nitrogens with zero attached hydrogens (tertiary/aromatic N) is 3. The number of aryl methyl sites for hydroxylation is 1. The summed E-state index contributed by atoms with van der Waals surface area (Å²) in [5, 5.41) is 10.2. The van der Waals surface area contributed by atoms with Crippen LogP contribution in [0.2, 0.25) is 0 Å². The van der Waals surface area contributed by atoms with E-state index < -0.39 is 0 Å². The van der Waals surface area contributed by atoms with E-state index in [2.05, 4.69) is 25.5 Å². The Hall–Kier alpha value is -3.02. The highest BCUT2D eigenvalue weighted by Gasteiger charge is 2.34. The minimum atomic E-state index is -0.159. The third-order valence-corrected chi connectivity index (χ3v) is 4.43. The van der Waals surface area contributed by atoms with E-state index in [1.165, 1.54) is 0 Å². The molecule has 2 N–H and O–H groups in total. The van der Waals surface area contributed by atoms with Gasteiger partial charge in [-0.25, -0.2) is 0 Å². The molecule has 0 aromatic carbocycles. The standard InChI is InChI=1S/C19H19N5O/c1-12-4-9-21-16(10-12)18(14-2-3-14)22-19(25)17-11-15(23-24-17)13-5-7-20-8-6-13/h4-11,14,18H,2-3H2,1H3,(H,22,25)(H,23,24)/t18-/m1/s1. The smallest absolute Gasteiger partial charge is 0.269 e. The third kappa shape index (κ3) is 3.42. The fourth-order valence-electron chi connectivity index (χ4n) is 2.92. The second-order valence-electron chi connectivity index (χ2n) is 6.45. The van der Waals surface area contributed by atoms with Crippen LogP contribution >= 0.6 is 0 Å². The van der Waals surface area contributed by atoms with Crippen molar-refractivity contribution >= 4 is 5.91 Å². The molecule has 3 aromatic heterocycles. The highest BCUT2D eigenvalue weighted by atomic mass is 16.2. The van der Waals surface area contributed by atoms with Gasteiger partial charge in [0.25, 0.3) is 5.91 Å². The Balaban J connectivity index is 1.53. The van der Waals surface area contributed by atoms with Crippen LogP contribution in [0.1, 0.15) is 40.6 Å². The first-order chi connectivity index (χ1) is 12.2. The van der Waals surface area contributed by atoms with Gasteiger partial charge in [-0.2, -0.15) is 5.10 Å². The number of pyridine rings is 2. The van der Waals surface area contributed by atoms with E-state index in [4.69, 9.17) is 0 Å². The van der Waals surface area contributed by atoms with Crippen LogP contribution < -0.4 is 5.32 Å². The maximum absolute atomic E-state index is 12.7. The summed E-state index contributed by atoms with van der Waals surface area (Å²) in [6, 6.07) is 9.44. The molecule has 0 spiro atoms. The first-order valence-electron chi connectivity index (χ1n) is 8.40. The highest BCUT2D eigenvalue weighted by molar-refractivity contribution is 5.93. The van der Waals surface area contributed by atoms with E-state index in [1.54, 1.807) is 24.7 Å². The highest BCUT2D eigenvalue weighted by Crippen LogP contribution is 2.40. The Morgan fingerprint density at radius 1 is 1.20 bits per heavy atom. The van der Waals surface area contributed by atoms with E-state index in [-0.39, 0.29) is 11.9 Å². The molecule has 1 atom stereocenters. The van der Waals surface area contributed by atoms with Crippen molar-refractivity contribution in [3.8, 4) is 11.3 Å². The number of aromatic amines is 1. The summed E-state index contributed by atoms with van der Waals surface area (Å²) in [4.78, 5) is 21.1. The van der Waals surface area contributed by atoms with Gasteiger partial charge in [0.2, 0.25) is 0 Å².